The molecular weight excluding hydrogens is 600 g/mol. The van der Waals surface area contributed by atoms with Crippen LogP contribution in [0.3, 0.4) is 0 Å². The highest BCUT2D eigenvalue weighted by Crippen LogP contribution is 2.36. The average molecular weight is 632 g/mol. The monoisotopic (exact) mass is 630 g/mol. The molecule has 43 heavy (non-hydrogen) atoms. The number of benzene rings is 2. The first-order valence-electron chi connectivity index (χ1n) is 14.5. The zero-order valence-corrected chi connectivity index (χ0v) is 25.7. The maximum absolute atomic E-state index is 4.84. The summed E-state index contributed by atoms with van der Waals surface area (Å²) in [6.45, 7) is 7.55. The second-order valence-electron chi connectivity index (χ2n) is 11.0. The number of nitrogens with zero attached hydrogens (tertiary/aromatic N) is 6. The number of aromatic nitrogens is 5. The Hall–Kier alpha value is -4.47. The average Bonchev–Trinajstić information content (AvgIpc) is 3.52. The minimum atomic E-state index is 0.669. The number of hydrogen-bond donors (Lipinski definition) is 2. The van der Waals surface area contributed by atoms with Crippen LogP contribution in [-0.2, 0) is 6.54 Å². The predicted molar refractivity (Wildman–Crippen MR) is 177 cm³/mol. The maximum atomic E-state index is 4.84. The van der Waals surface area contributed by atoms with Crippen LogP contribution in [0.25, 0.3) is 33.1 Å². The first kappa shape index (κ1) is 27.4. The Kier molecular flexibility index (Phi) is 7.42. The Morgan fingerprint density at radius 3 is 2.14 bits per heavy atom. The summed E-state index contributed by atoms with van der Waals surface area (Å²) in [5, 5.41) is 8.18. The molecule has 0 aliphatic carbocycles. The van der Waals surface area contributed by atoms with Gasteiger partial charge in [0.2, 0.25) is 0 Å². The van der Waals surface area contributed by atoms with Gasteiger partial charge in [0.1, 0.15) is 17.4 Å². The van der Waals surface area contributed by atoms with Gasteiger partial charge >= 0.3 is 0 Å². The maximum Gasteiger partial charge on any atom is 0.160 e. The van der Waals surface area contributed by atoms with Gasteiger partial charge in [-0.1, -0.05) is 24.3 Å². The molecule has 4 aromatic heterocycles. The third-order valence-electron chi connectivity index (χ3n) is 8.17. The van der Waals surface area contributed by atoms with Gasteiger partial charge in [-0.25, -0.2) is 19.9 Å². The van der Waals surface area contributed by atoms with Crippen molar-refractivity contribution in [2.24, 2.45) is 0 Å². The lowest BCUT2D eigenvalue weighted by molar-refractivity contribution is 0.331. The van der Waals surface area contributed by atoms with Crippen LogP contribution < -0.4 is 10.6 Å². The van der Waals surface area contributed by atoms with E-state index in [9.17, 15) is 0 Å². The fourth-order valence-electron chi connectivity index (χ4n) is 5.87. The van der Waals surface area contributed by atoms with Gasteiger partial charge in [-0.3, -0.25) is 9.88 Å². The Morgan fingerprint density at radius 1 is 0.744 bits per heavy atom. The zero-order chi connectivity index (χ0) is 29.3. The summed E-state index contributed by atoms with van der Waals surface area (Å²) in [4.78, 5) is 25.4. The summed E-state index contributed by atoms with van der Waals surface area (Å²) >= 11 is 3.48. The Bertz CT molecular complexity index is 1970. The largest absolute Gasteiger partial charge is 0.338 e. The van der Waals surface area contributed by atoms with Crippen molar-refractivity contribution in [3.63, 3.8) is 0 Å². The summed E-state index contributed by atoms with van der Waals surface area (Å²) in [6, 6.07) is 18.8. The Labute approximate surface area is 258 Å². The van der Waals surface area contributed by atoms with E-state index in [-0.39, 0.29) is 0 Å². The van der Waals surface area contributed by atoms with E-state index in [0.717, 1.165) is 72.4 Å². The van der Waals surface area contributed by atoms with Crippen molar-refractivity contribution >= 4 is 60.9 Å². The van der Waals surface area contributed by atoms with E-state index in [2.05, 4.69) is 108 Å². The normalized spacial score (nSPS) is 13.6. The van der Waals surface area contributed by atoms with Gasteiger partial charge in [0, 0.05) is 46.4 Å². The summed E-state index contributed by atoms with van der Waals surface area (Å²) in [5.74, 6) is 1.43. The number of fused-ring (bicyclic) bond motifs is 2. The van der Waals surface area contributed by atoms with Gasteiger partial charge in [-0.05, 0) is 114 Å². The van der Waals surface area contributed by atoms with Gasteiger partial charge in [-0.2, -0.15) is 0 Å². The number of likely N-dealkylation sites (tertiary alicyclic amines) is 1. The SMILES string of the molecule is Cc1c(Nc2nccc3cc(CN4CCCC4)cnc23)cccc1-c1cccc(Nc2ncnc3cc(Br)cnc23)c1C. The van der Waals surface area contributed by atoms with E-state index in [1.165, 1.54) is 31.5 Å². The standard InChI is InChI=1S/C34H31BrN8/c1-21-26(27-8-6-10-29(22(27)2)42-34-32-30(39-20-40-34)16-25(35)18-38-32)7-5-9-28(21)41-33-31-24(11-12-36-33)15-23(17-37-31)19-43-13-3-4-14-43/h5-12,15-18,20H,3-4,13-14,19H2,1-2H3,(H,36,41)(H,39,40,42). The highest BCUT2D eigenvalue weighted by Gasteiger charge is 2.16. The smallest absolute Gasteiger partial charge is 0.160 e. The molecular formula is C34H31BrN8. The molecule has 0 amide bonds. The first-order valence-corrected chi connectivity index (χ1v) is 15.3. The molecule has 7 rings (SSSR count). The predicted octanol–water partition coefficient (Wildman–Crippen LogP) is 8.10. The van der Waals surface area contributed by atoms with Gasteiger partial charge in [0.25, 0.3) is 0 Å². The molecule has 0 radical (unpaired) electrons. The molecule has 9 heteroatoms. The molecule has 1 aliphatic rings. The van der Waals surface area contributed by atoms with Gasteiger partial charge in [0.05, 0.1) is 5.52 Å². The Balaban J connectivity index is 1.18. The molecule has 0 atom stereocenters. The lowest BCUT2D eigenvalue weighted by Gasteiger charge is -2.18. The molecule has 2 N–H and O–H groups in total. The first-order chi connectivity index (χ1) is 21.0. The van der Waals surface area contributed by atoms with Crippen molar-refractivity contribution < 1.29 is 0 Å². The molecule has 5 heterocycles. The summed E-state index contributed by atoms with van der Waals surface area (Å²) < 4.78 is 0.878. The van der Waals surface area contributed by atoms with Crippen molar-refractivity contribution in [1.82, 2.24) is 29.8 Å². The molecule has 8 nitrogen and oxygen atoms in total. The molecule has 6 aromatic rings. The topological polar surface area (TPSA) is 91.8 Å². The van der Waals surface area contributed by atoms with Crippen LogP contribution >= 0.6 is 15.9 Å². The molecule has 0 bridgehead atoms. The van der Waals surface area contributed by atoms with Gasteiger partial charge < -0.3 is 10.6 Å². The molecule has 1 saturated heterocycles. The molecule has 2 aromatic carbocycles. The van der Waals surface area contributed by atoms with Crippen LogP contribution in [0.2, 0.25) is 0 Å². The van der Waals surface area contributed by atoms with E-state index in [4.69, 9.17) is 4.98 Å². The minimum Gasteiger partial charge on any atom is -0.338 e. The third kappa shape index (κ3) is 5.53. The molecule has 0 saturated carbocycles. The quantitative estimate of drug-likeness (QED) is 0.183. The van der Waals surface area contributed by atoms with E-state index in [0.29, 0.717) is 5.82 Å². The van der Waals surface area contributed by atoms with Crippen LogP contribution in [-0.4, -0.2) is 42.9 Å². The van der Waals surface area contributed by atoms with Crippen molar-refractivity contribution in [1.29, 1.82) is 0 Å². The van der Waals surface area contributed by atoms with E-state index in [1.807, 2.05) is 24.5 Å². The van der Waals surface area contributed by atoms with E-state index in [1.54, 1.807) is 12.5 Å². The lowest BCUT2D eigenvalue weighted by Crippen LogP contribution is -2.18. The summed E-state index contributed by atoms with van der Waals surface area (Å²) in [5.41, 5.74) is 10.1. The molecule has 0 spiro atoms. The Morgan fingerprint density at radius 2 is 1.42 bits per heavy atom. The van der Waals surface area contributed by atoms with Crippen LogP contribution in [0.15, 0.2) is 84.0 Å². The highest BCUT2D eigenvalue weighted by atomic mass is 79.9. The zero-order valence-electron chi connectivity index (χ0n) is 24.1. The lowest BCUT2D eigenvalue weighted by atomic mass is 9.94. The number of halogens is 1. The van der Waals surface area contributed by atoms with Crippen molar-refractivity contribution in [3.05, 3.63) is 101 Å². The third-order valence-corrected chi connectivity index (χ3v) is 8.60. The molecule has 1 aliphatic heterocycles. The number of pyridine rings is 3. The minimum absolute atomic E-state index is 0.669. The van der Waals surface area contributed by atoms with Crippen molar-refractivity contribution in [2.45, 2.75) is 33.2 Å². The summed E-state index contributed by atoms with van der Waals surface area (Å²) in [6.07, 6.45) is 9.74. The molecule has 0 unspecified atom stereocenters. The second-order valence-corrected chi connectivity index (χ2v) is 11.9. The van der Waals surface area contributed by atoms with Crippen molar-refractivity contribution in [3.8, 4) is 11.1 Å². The van der Waals surface area contributed by atoms with Crippen LogP contribution in [0.4, 0.5) is 23.0 Å². The van der Waals surface area contributed by atoms with E-state index < -0.39 is 0 Å². The van der Waals surface area contributed by atoms with Crippen molar-refractivity contribution in [2.75, 3.05) is 23.7 Å². The second kappa shape index (κ2) is 11.7. The van der Waals surface area contributed by atoms with Crippen LogP contribution in [0.1, 0.15) is 29.5 Å². The number of rotatable bonds is 7. The number of nitrogens with one attached hydrogen (secondary N) is 2. The van der Waals surface area contributed by atoms with E-state index >= 15 is 0 Å². The number of anilines is 4. The molecule has 1 fully saturated rings. The summed E-state index contributed by atoms with van der Waals surface area (Å²) in [7, 11) is 0. The van der Waals surface area contributed by atoms with Gasteiger partial charge in [-0.15, -0.1) is 0 Å². The molecule has 214 valence electrons. The fraction of sp³-hybridized carbons (Fsp3) is 0.206. The van der Waals surface area contributed by atoms with Crippen LogP contribution in [0, 0.1) is 13.8 Å². The van der Waals surface area contributed by atoms with Gasteiger partial charge in [0.15, 0.2) is 11.6 Å². The van der Waals surface area contributed by atoms with Crippen LogP contribution in [0.5, 0.6) is 0 Å². The highest BCUT2D eigenvalue weighted by molar-refractivity contribution is 9.10. The fourth-order valence-corrected chi connectivity index (χ4v) is 6.19. The number of hydrogen-bond acceptors (Lipinski definition) is 8.